The van der Waals surface area contributed by atoms with Gasteiger partial charge in [0, 0.05) is 0 Å². The second-order valence-corrected chi connectivity index (χ2v) is 7.59. The van der Waals surface area contributed by atoms with Crippen molar-refractivity contribution in [2.75, 3.05) is 6.26 Å². The van der Waals surface area contributed by atoms with E-state index in [1.807, 2.05) is 60.7 Å². The molecule has 0 aliphatic carbocycles. The lowest BCUT2D eigenvalue weighted by atomic mass is 10.2. The van der Waals surface area contributed by atoms with Crippen LogP contribution in [0, 0.1) is 0 Å². The molecule has 0 unspecified atom stereocenters. The fourth-order valence-corrected chi connectivity index (χ4v) is 2.96. The van der Waals surface area contributed by atoms with Crippen molar-refractivity contribution in [2.24, 2.45) is 0 Å². The van der Waals surface area contributed by atoms with E-state index in [1.54, 1.807) is 0 Å². The summed E-state index contributed by atoms with van der Waals surface area (Å²) >= 11 is 0. The van der Waals surface area contributed by atoms with Gasteiger partial charge in [0.15, 0.2) is 5.75 Å². The van der Waals surface area contributed by atoms with Gasteiger partial charge in [-0.2, -0.15) is 8.42 Å². The molecule has 6 nitrogen and oxygen atoms in total. The number of pyridine rings is 1. The number of aromatic nitrogens is 1. The van der Waals surface area contributed by atoms with Crippen molar-refractivity contribution in [3.05, 3.63) is 94.3 Å². The van der Waals surface area contributed by atoms with Crippen LogP contribution in [0.2, 0.25) is 0 Å². The van der Waals surface area contributed by atoms with E-state index in [2.05, 4.69) is 0 Å². The molecule has 1 aromatic heterocycles. The van der Waals surface area contributed by atoms with Crippen LogP contribution < -0.4 is 14.3 Å². The number of rotatable bonds is 7. The molecule has 0 saturated carbocycles. The maximum atomic E-state index is 12.3. The van der Waals surface area contributed by atoms with Crippen LogP contribution in [-0.2, 0) is 23.3 Å². The summed E-state index contributed by atoms with van der Waals surface area (Å²) in [7, 11) is -3.78. The summed E-state index contributed by atoms with van der Waals surface area (Å²) in [5.74, 6) is 0.0639. The molecule has 0 aliphatic rings. The minimum absolute atomic E-state index is 0.0570. The minimum atomic E-state index is -3.78. The molecule has 0 bridgehead atoms. The van der Waals surface area contributed by atoms with Crippen LogP contribution >= 0.6 is 0 Å². The molecule has 1 heterocycles. The SMILES string of the molecule is CS(=O)(=O)Oc1cc(=O)c(OCc2ccccc2)cn1Cc1ccccc1. The molecule has 2 aromatic carbocycles. The first-order valence-electron chi connectivity index (χ1n) is 8.25. The fraction of sp³-hybridized carbons (Fsp3) is 0.150. The minimum Gasteiger partial charge on any atom is -0.483 e. The summed E-state index contributed by atoms with van der Waals surface area (Å²) in [6, 6.07) is 20.0. The Kier molecular flexibility index (Phi) is 5.61. The molecule has 140 valence electrons. The maximum absolute atomic E-state index is 12.3. The number of benzene rings is 2. The normalized spacial score (nSPS) is 11.1. The molecule has 3 aromatic rings. The summed E-state index contributed by atoms with van der Waals surface area (Å²) in [4.78, 5) is 12.3. The monoisotopic (exact) mass is 385 g/mol. The van der Waals surface area contributed by atoms with Gasteiger partial charge in [-0.3, -0.25) is 4.79 Å². The lowest BCUT2D eigenvalue weighted by Crippen LogP contribution is -2.17. The summed E-state index contributed by atoms with van der Waals surface area (Å²) < 4.78 is 35.3. The number of nitrogens with zero attached hydrogens (tertiary/aromatic N) is 1. The predicted octanol–water partition coefficient (Wildman–Crippen LogP) is 2.81. The van der Waals surface area contributed by atoms with Gasteiger partial charge in [0.25, 0.3) is 0 Å². The highest BCUT2D eigenvalue weighted by atomic mass is 32.2. The maximum Gasteiger partial charge on any atom is 0.307 e. The second-order valence-electron chi connectivity index (χ2n) is 6.02. The van der Waals surface area contributed by atoms with E-state index in [-0.39, 0.29) is 18.2 Å². The molecule has 0 atom stereocenters. The summed E-state index contributed by atoms with van der Waals surface area (Å²) in [5, 5.41) is 0. The van der Waals surface area contributed by atoms with E-state index in [1.165, 1.54) is 10.8 Å². The van der Waals surface area contributed by atoms with E-state index in [0.717, 1.165) is 23.4 Å². The first-order chi connectivity index (χ1) is 12.9. The highest BCUT2D eigenvalue weighted by Crippen LogP contribution is 2.18. The van der Waals surface area contributed by atoms with Crippen LogP contribution in [0.15, 0.2) is 77.7 Å². The Morgan fingerprint density at radius 2 is 1.52 bits per heavy atom. The summed E-state index contributed by atoms with van der Waals surface area (Å²) in [6.07, 6.45) is 2.41. The third kappa shape index (κ3) is 5.46. The van der Waals surface area contributed by atoms with Crippen LogP contribution in [0.5, 0.6) is 11.6 Å². The molecular weight excluding hydrogens is 366 g/mol. The first-order valence-corrected chi connectivity index (χ1v) is 10.1. The molecule has 0 N–H and O–H groups in total. The Bertz CT molecular complexity index is 1060. The van der Waals surface area contributed by atoms with Crippen LogP contribution in [0.4, 0.5) is 0 Å². The van der Waals surface area contributed by atoms with Crippen molar-refractivity contribution in [3.8, 4) is 11.6 Å². The molecule has 3 rings (SSSR count). The Balaban J connectivity index is 1.92. The van der Waals surface area contributed by atoms with E-state index < -0.39 is 15.5 Å². The molecule has 0 radical (unpaired) electrons. The molecule has 0 spiro atoms. The van der Waals surface area contributed by atoms with E-state index in [9.17, 15) is 13.2 Å². The van der Waals surface area contributed by atoms with E-state index in [0.29, 0.717) is 6.54 Å². The van der Waals surface area contributed by atoms with Gasteiger partial charge in [-0.15, -0.1) is 0 Å². The van der Waals surface area contributed by atoms with Crippen molar-refractivity contribution < 1.29 is 17.3 Å². The Morgan fingerprint density at radius 3 is 2.11 bits per heavy atom. The van der Waals surface area contributed by atoms with Crippen molar-refractivity contribution in [2.45, 2.75) is 13.2 Å². The standard InChI is InChI=1S/C20H19NO5S/c1-27(23,24)26-20-12-18(22)19(25-15-17-10-6-3-7-11-17)14-21(20)13-16-8-4-2-5-9-16/h2-12,14H,13,15H2,1H3. The van der Waals surface area contributed by atoms with Crippen LogP contribution in [-0.4, -0.2) is 19.2 Å². The summed E-state index contributed by atoms with van der Waals surface area (Å²) in [5.41, 5.74) is 1.39. The van der Waals surface area contributed by atoms with Crippen molar-refractivity contribution in [3.63, 3.8) is 0 Å². The third-order valence-corrected chi connectivity index (χ3v) is 4.20. The Labute approximate surface area is 157 Å². The molecule has 27 heavy (non-hydrogen) atoms. The van der Waals surface area contributed by atoms with Gasteiger partial charge >= 0.3 is 10.1 Å². The molecular formula is C20H19NO5S. The van der Waals surface area contributed by atoms with Gasteiger partial charge in [0.05, 0.1) is 25.1 Å². The number of ether oxygens (including phenoxy) is 1. The smallest absolute Gasteiger partial charge is 0.307 e. The van der Waals surface area contributed by atoms with E-state index >= 15 is 0 Å². The molecule has 7 heteroatoms. The number of hydrogen-bond donors (Lipinski definition) is 0. The summed E-state index contributed by atoms with van der Waals surface area (Å²) in [6.45, 7) is 0.557. The van der Waals surface area contributed by atoms with Crippen LogP contribution in [0.3, 0.4) is 0 Å². The average Bonchev–Trinajstić information content (AvgIpc) is 2.63. The van der Waals surface area contributed by atoms with Crippen LogP contribution in [0.1, 0.15) is 11.1 Å². The zero-order valence-corrected chi connectivity index (χ0v) is 15.6. The van der Waals surface area contributed by atoms with Crippen molar-refractivity contribution in [1.29, 1.82) is 0 Å². The zero-order valence-electron chi connectivity index (χ0n) is 14.7. The second kappa shape index (κ2) is 8.09. The van der Waals surface area contributed by atoms with Crippen molar-refractivity contribution >= 4 is 10.1 Å². The van der Waals surface area contributed by atoms with Gasteiger partial charge in [-0.05, 0) is 11.1 Å². The average molecular weight is 385 g/mol. The molecule has 0 aliphatic heterocycles. The third-order valence-electron chi connectivity index (χ3n) is 3.72. The fourth-order valence-electron chi connectivity index (χ4n) is 2.51. The predicted molar refractivity (Wildman–Crippen MR) is 102 cm³/mol. The highest BCUT2D eigenvalue weighted by molar-refractivity contribution is 7.86. The Morgan fingerprint density at radius 1 is 0.926 bits per heavy atom. The van der Waals surface area contributed by atoms with Gasteiger partial charge in [-0.1, -0.05) is 60.7 Å². The molecule has 0 saturated heterocycles. The zero-order chi connectivity index (χ0) is 19.3. The lowest BCUT2D eigenvalue weighted by molar-refractivity contribution is 0.299. The number of hydrogen-bond acceptors (Lipinski definition) is 5. The quantitative estimate of drug-likeness (QED) is 0.585. The van der Waals surface area contributed by atoms with Gasteiger partial charge in [0.1, 0.15) is 6.61 Å². The topological polar surface area (TPSA) is 74.6 Å². The Hall–Kier alpha value is -3.06. The largest absolute Gasteiger partial charge is 0.483 e. The van der Waals surface area contributed by atoms with Crippen LogP contribution in [0.25, 0.3) is 0 Å². The molecule has 0 fully saturated rings. The highest BCUT2D eigenvalue weighted by Gasteiger charge is 2.14. The first kappa shape index (κ1) is 18.7. The molecule has 0 amide bonds. The van der Waals surface area contributed by atoms with Gasteiger partial charge < -0.3 is 13.5 Å². The van der Waals surface area contributed by atoms with Crippen molar-refractivity contribution in [1.82, 2.24) is 4.57 Å². The van der Waals surface area contributed by atoms with E-state index in [4.69, 9.17) is 8.92 Å². The van der Waals surface area contributed by atoms with Gasteiger partial charge in [-0.25, -0.2) is 0 Å². The lowest BCUT2D eigenvalue weighted by Gasteiger charge is -2.15. The van der Waals surface area contributed by atoms with Gasteiger partial charge in [0.2, 0.25) is 11.3 Å².